The van der Waals surface area contributed by atoms with Gasteiger partial charge in [-0.05, 0) is 43.2 Å². The van der Waals surface area contributed by atoms with Crippen LogP contribution in [0.3, 0.4) is 0 Å². The molecule has 1 aromatic heterocycles. The third kappa shape index (κ3) is 4.73. The number of sulfonamides is 1. The van der Waals surface area contributed by atoms with E-state index >= 15 is 0 Å². The van der Waals surface area contributed by atoms with E-state index in [0.717, 1.165) is 17.4 Å². The maximum absolute atomic E-state index is 14.3. The number of carbonyl (C=O) groups is 1. The van der Waals surface area contributed by atoms with Crippen LogP contribution in [0.25, 0.3) is 10.2 Å². The van der Waals surface area contributed by atoms with E-state index in [-0.39, 0.29) is 52.4 Å². The van der Waals surface area contributed by atoms with Crippen LogP contribution in [0.15, 0.2) is 46.3 Å². The number of benzene rings is 2. The lowest BCUT2D eigenvalue weighted by molar-refractivity contribution is -0.122. The molecule has 172 valence electrons. The summed E-state index contributed by atoms with van der Waals surface area (Å²) >= 11 is 6.80. The highest BCUT2D eigenvalue weighted by atomic mass is 35.5. The SMILES string of the molecule is C#CCn1c(=NC(=O)C2CCN(S(=O)(=O)c3ccc(Cl)cc3)CC2)sc2cc(F)cc(F)c21. The predicted molar refractivity (Wildman–Crippen MR) is 122 cm³/mol. The molecule has 33 heavy (non-hydrogen) atoms. The van der Waals surface area contributed by atoms with Gasteiger partial charge in [-0.2, -0.15) is 9.30 Å². The summed E-state index contributed by atoms with van der Waals surface area (Å²) in [6.45, 7) is 0.285. The Hall–Kier alpha value is -2.58. The van der Waals surface area contributed by atoms with Crippen LogP contribution < -0.4 is 4.80 Å². The molecule has 1 aliphatic rings. The van der Waals surface area contributed by atoms with Crippen LogP contribution in [0.4, 0.5) is 8.78 Å². The number of terminal acetylenes is 1. The lowest BCUT2D eigenvalue weighted by atomic mass is 9.98. The van der Waals surface area contributed by atoms with E-state index in [4.69, 9.17) is 18.0 Å². The summed E-state index contributed by atoms with van der Waals surface area (Å²) in [5, 5.41) is 0.436. The summed E-state index contributed by atoms with van der Waals surface area (Å²) in [6, 6.07) is 7.82. The fraction of sp³-hybridized carbons (Fsp3) is 0.273. The standard InChI is InChI=1S/C22H18ClF2N3O3S2/c1-2-9-28-20-18(25)12-16(24)13-19(20)32-22(28)26-21(29)14-7-10-27(11-8-14)33(30,31)17-5-3-15(23)4-6-17/h1,3-6,12-14H,7-11H2. The van der Waals surface area contributed by atoms with Gasteiger partial charge in [0.25, 0.3) is 5.91 Å². The molecule has 1 fully saturated rings. The minimum atomic E-state index is -3.70. The topological polar surface area (TPSA) is 71.7 Å². The molecule has 11 heteroatoms. The first-order valence-corrected chi connectivity index (χ1v) is 12.6. The van der Waals surface area contributed by atoms with Crippen LogP contribution in [-0.2, 0) is 21.4 Å². The highest BCUT2D eigenvalue weighted by Crippen LogP contribution is 2.26. The van der Waals surface area contributed by atoms with Crippen LogP contribution in [0, 0.1) is 29.9 Å². The number of thiazole rings is 1. The molecule has 1 aliphatic heterocycles. The highest BCUT2D eigenvalue weighted by Gasteiger charge is 2.32. The number of rotatable bonds is 4. The number of piperidine rings is 1. The van der Waals surface area contributed by atoms with Crippen molar-refractivity contribution >= 4 is 49.1 Å². The van der Waals surface area contributed by atoms with Crippen molar-refractivity contribution in [1.82, 2.24) is 8.87 Å². The van der Waals surface area contributed by atoms with E-state index in [1.54, 1.807) is 0 Å². The van der Waals surface area contributed by atoms with Gasteiger partial charge in [0.2, 0.25) is 10.0 Å². The number of amides is 1. The fourth-order valence-corrected chi connectivity index (χ4v) is 6.41. The number of carbonyl (C=O) groups excluding carboxylic acids is 1. The number of hydrogen-bond acceptors (Lipinski definition) is 4. The van der Waals surface area contributed by atoms with Crippen LogP contribution >= 0.6 is 22.9 Å². The van der Waals surface area contributed by atoms with Crippen molar-refractivity contribution in [3.63, 3.8) is 0 Å². The van der Waals surface area contributed by atoms with Crippen LogP contribution in [0.2, 0.25) is 5.02 Å². The van der Waals surface area contributed by atoms with Crippen molar-refractivity contribution in [2.24, 2.45) is 10.9 Å². The zero-order chi connectivity index (χ0) is 23.8. The van der Waals surface area contributed by atoms with Gasteiger partial charge in [0.1, 0.15) is 5.82 Å². The Labute approximate surface area is 198 Å². The lowest BCUT2D eigenvalue weighted by Crippen LogP contribution is -2.40. The molecule has 4 rings (SSSR count). The molecule has 0 spiro atoms. The predicted octanol–water partition coefficient (Wildman–Crippen LogP) is 3.80. The quantitative estimate of drug-likeness (QED) is 0.502. The highest BCUT2D eigenvalue weighted by molar-refractivity contribution is 7.89. The normalized spacial score (nSPS) is 16.2. The smallest absolute Gasteiger partial charge is 0.251 e. The summed E-state index contributed by atoms with van der Waals surface area (Å²) in [7, 11) is -3.70. The van der Waals surface area contributed by atoms with E-state index in [2.05, 4.69) is 10.9 Å². The van der Waals surface area contributed by atoms with Crippen molar-refractivity contribution in [2.45, 2.75) is 24.3 Å². The summed E-state index contributed by atoms with van der Waals surface area (Å²) in [4.78, 5) is 17.3. The molecule has 1 amide bonds. The van der Waals surface area contributed by atoms with Gasteiger partial charge in [-0.3, -0.25) is 4.79 Å². The number of aromatic nitrogens is 1. The molecular weight excluding hydrogens is 492 g/mol. The van der Waals surface area contributed by atoms with Crippen molar-refractivity contribution in [3.8, 4) is 12.3 Å². The van der Waals surface area contributed by atoms with E-state index in [1.807, 2.05) is 0 Å². The Morgan fingerprint density at radius 3 is 2.52 bits per heavy atom. The lowest BCUT2D eigenvalue weighted by Gasteiger charge is -2.29. The first kappa shape index (κ1) is 23.6. The number of nitrogens with zero attached hydrogens (tertiary/aromatic N) is 3. The van der Waals surface area contributed by atoms with E-state index in [1.165, 1.54) is 39.2 Å². The zero-order valence-electron chi connectivity index (χ0n) is 17.2. The van der Waals surface area contributed by atoms with E-state index in [0.29, 0.717) is 5.02 Å². The van der Waals surface area contributed by atoms with Crippen molar-refractivity contribution in [3.05, 3.63) is 57.9 Å². The molecule has 0 saturated carbocycles. The first-order valence-electron chi connectivity index (χ1n) is 9.97. The zero-order valence-corrected chi connectivity index (χ0v) is 19.6. The maximum atomic E-state index is 14.3. The van der Waals surface area contributed by atoms with Crippen LogP contribution in [0.5, 0.6) is 0 Å². The minimum absolute atomic E-state index is 0.0353. The van der Waals surface area contributed by atoms with E-state index in [9.17, 15) is 22.0 Å². The molecule has 1 saturated heterocycles. The molecule has 0 unspecified atom stereocenters. The molecule has 2 heterocycles. The first-order chi connectivity index (χ1) is 15.7. The monoisotopic (exact) mass is 509 g/mol. The van der Waals surface area contributed by atoms with Crippen LogP contribution in [0.1, 0.15) is 12.8 Å². The Bertz CT molecular complexity index is 1430. The molecule has 0 N–H and O–H groups in total. The average Bonchev–Trinajstić information content (AvgIpc) is 3.11. The van der Waals surface area contributed by atoms with Gasteiger partial charge in [-0.1, -0.05) is 28.9 Å². The molecule has 0 aliphatic carbocycles. The van der Waals surface area contributed by atoms with Crippen LogP contribution in [-0.4, -0.2) is 36.3 Å². The van der Waals surface area contributed by atoms with Crippen molar-refractivity contribution in [1.29, 1.82) is 0 Å². The van der Waals surface area contributed by atoms with Gasteiger partial charge in [0.15, 0.2) is 10.6 Å². The summed E-state index contributed by atoms with van der Waals surface area (Å²) in [5.74, 6) is -0.0662. The minimum Gasteiger partial charge on any atom is -0.302 e. The van der Waals surface area contributed by atoms with Crippen molar-refractivity contribution < 1.29 is 22.0 Å². The second kappa shape index (κ2) is 9.35. The van der Waals surface area contributed by atoms with Gasteiger partial charge in [0.05, 0.1) is 21.7 Å². The Morgan fingerprint density at radius 1 is 1.21 bits per heavy atom. The fourth-order valence-electron chi connectivity index (χ4n) is 3.74. The molecule has 3 aromatic rings. The average molecular weight is 510 g/mol. The maximum Gasteiger partial charge on any atom is 0.251 e. The second-order valence-corrected chi connectivity index (χ2v) is 10.9. The van der Waals surface area contributed by atoms with Gasteiger partial charge in [-0.25, -0.2) is 17.2 Å². The molecule has 6 nitrogen and oxygen atoms in total. The Kier molecular flexibility index (Phi) is 6.68. The van der Waals surface area contributed by atoms with Crippen molar-refractivity contribution in [2.75, 3.05) is 13.1 Å². The van der Waals surface area contributed by atoms with E-state index < -0.39 is 33.5 Å². The summed E-state index contributed by atoms with van der Waals surface area (Å²) < 4.78 is 56.6. The van der Waals surface area contributed by atoms with Gasteiger partial charge in [-0.15, -0.1) is 6.42 Å². The summed E-state index contributed by atoms with van der Waals surface area (Å²) in [6.07, 6.45) is 5.97. The van der Waals surface area contributed by atoms with Gasteiger partial charge in [0, 0.05) is 30.1 Å². The second-order valence-electron chi connectivity index (χ2n) is 7.49. The number of hydrogen-bond donors (Lipinski definition) is 0. The Balaban J connectivity index is 1.56. The Morgan fingerprint density at radius 2 is 1.88 bits per heavy atom. The number of fused-ring (bicyclic) bond motifs is 1. The third-order valence-electron chi connectivity index (χ3n) is 5.41. The van der Waals surface area contributed by atoms with Gasteiger partial charge < -0.3 is 4.57 Å². The summed E-state index contributed by atoms with van der Waals surface area (Å²) in [5.41, 5.74) is 0.0924. The third-order valence-corrected chi connectivity index (χ3v) is 8.60. The number of halogens is 3. The molecular formula is C22H18ClF2N3O3S2. The largest absolute Gasteiger partial charge is 0.302 e. The van der Waals surface area contributed by atoms with Gasteiger partial charge >= 0.3 is 0 Å². The molecule has 0 radical (unpaired) electrons. The molecule has 2 aromatic carbocycles. The molecule has 0 bridgehead atoms. The molecule has 0 atom stereocenters.